The Hall–Kier alpha value is -2.09. The van der Waals surface area contributed by atoms with Crippen molar-refractivity contribution in [2.75, 3.05) is 23.1 Å². The first-order chi connectivity index (χ1) is 10.3. The largest absolute Gasteiger partial charge is 0.481 e. The summed E-state index contributed by atoms with van der Waals surface area (Å²) in [7, 11) is -3.25. The first-order valence-electron chi connectivity index (χ1n) is 6.92. The molecule has 1 amide bonds. The summed E-state index contributed by atoms with van der Waals surface area (Å²) in [5.74, 6) is -1.20. The molecule has 1 saturated heterocycles. The molecule has 0 atom stereocenters. The molecule has 0 radical (unpaired) electrons. The summed E-state index contributed by atoms with van der Waals surface area (Å²) < 4.78 is 25.1. The summed E-state index contributed by atoms with van der Waals surface area (Å²) in [6.45, 7) is 2.22. The van der Waals surface area contributed by atoms with E-state index in [9.17, 15) is 18.0 Å². The summed E-state index contributed by atoms with van der Waals surface area (Å²) in [5, 5.41) is 11.1. The van der Waals surface area contributed by atoms with Crippen molar-refractivity contribution in [3.63, 3.8) is 0 Å². The number of nitrogens with one attached hydrogen (secondary N) is 1. The number of aryl methyl sites for hydroxylation is 1. The van der Waals surface area contributed by atoms with Gasteiger partial charge in [-0.15, -0.1) is 0 Å². The lowest BCUT2D eigenvalue weighted by atomic mass is 10.1. The zero-order valence-electron chi connectivity index (χ0n) is 12.2. The van der Waals surface area contributed by atoms with Gasteiger partial charge in [-0.1, -0.05) is 0 Å². The van der Waals surface area contributed by atoms with Gasteiger partial charge in [-0.3, -0.25) is 13.9 Å². The highest BCUT2D eigenvalue weighted by atomic mass is 32.2. The van der Waals surface area contributed by atoms with E-state index in [-0.39, 0.29) is 24.6 Å². The van der Waals surface area contributed by atoms with Gasteiger partial charge >= 0.3 is 5.97 Å². The van der Waals surface area contributed by atoms with Crippen LogP contribution in [0.4, 0.5) is 5.69 Å². The molecule has 0 unspecified atom stereocenters. The van der Waals surface area contributed by atoms with Crippen LogP contribution in [-0.2, 0) is 14.8 Å². The Morgan fingerprint density at radius 2 is 2.09 bits per heavy atom. The van der Waals surface area contributed by atoms with E-state index in [0.717, 1.165) is 0 Å². The maximum absolute atomic E-state index is 12.0. The lowest BCUT2D eigenvalue weighted by Gasteiger charge is -2.18. The van der Waals surface area contributed by atoms with E-state index in [1.165, 1.54) is 4.31 Å². The maximum Gasteiger partial charge on any atom is 0.305 e. The molecule has 2 N–H and O–H groups in total. The third-order valence-corrected chi connectivity index (χ3v) is 5.34. The molecule has 0 bridgehead atoms. The van der Waals surface area contributed by atoms with Gasteiger partial charge in [0.05, 0.1) is 17.9 Å². The fraction of sp³-hybridized carbons (Fsp3) is 0.429. The highest BCUT2D eigenvalue weighted by Gasteiger charge is 2.28. The van der Waals surface area contributed by atoms with Crippen molar-refractivity contribution in [3.05, 3.63) is 29.3 Å². The average molecular weight is 326 g/mol. The fourth-order valence-corrected chi connectivity index (χ4v) is 3.92. The number of carbonyl (C=O) groups excluding carboxylic acids is 1. The standard InChI is InChI=1S/C14H18N2O5S/c1-10-9-11(16-7-2-8-22(16,20)21)3-4-12(10)14(19)15-6-5-13(17)18/h3-4,9H,2,5-8H2,1H3,(H,15,19)(H,17,18). The number of benzene rings is 1. The summed E-state index contributed by atoms with van der Waals surface area (Å²) in [6.07, 6.45) is 0.452. The zero-order chi connectivity index (χ0) is 16.3. The molecule has 1 aliphatic rings. The van der Waals surface area contributed by atoms with Gasteiger partial charge in [-0.2, -0.15) is 0 Å². The molecular weight excluding hydrogens is 308 g/mol. The van der Waals surface area contributed by atoms with Crippen LogP contribution in [0.25, 0.3) is 0 Å². The van der Waals surface area contributed by atoms with E-state index in [1.807, 2.05) is 0 Å². The Morgan fingerprint density at radius 1 is 1.36 bits per heavy atom. The Labute approximate surface area is 129 Å². The van der Waals surface area contributed by atoms with Gasteiger partial charge in [0.15, 0.2) is 0 Å². The molecule has 1 aromatic carbocycles. The van der Waals surface area contributed by atoms with Crippen molar-refractivity contribution >= 4 is 27.6 Å². The summed E-state index contributed by atoms with van der Waals surface area (Å²) in [6, 6.07) is 4.82. The van der Waals surface area contributed by atoms with Crippen molar-refractivity contribution in [3.8, 4) is 0 Å². The first kappa shape index (κ1) is 16.3. The van der Waals surface area contributed by atoms with Gasteiger partial charge < -0.3 is 10.4 Å². The minimum Gasteiger partial charge on any atom is -0.481 e. The molecule has 22 heavy (non-hydrogen) atoms. The number of hydrogen-bond acceptors (Lipinski definition) is 4. The maximum atomic E-state index is 12.0. The van der Waals surface area contributed by atoms with Crippen LogP contribution in [0.3, 0.4) is 0 Å². The molecule has 0 aliphatic carbocycles. The molecule has 2 rings (SSSR count). The first-order valence-corrected chi connectivity index (χ1v) is 8.53. The highest BCUT2D eigenvalue weighted by Crippen LogP contribution is 2.26. The van der Waals surface area contributed by atoms with Crippen molar-refractivity contribution < 1.29 is 23.1 Å². The third kappa shape index (κ3) is 3.56. The highest BCUT2D eigenvalue weighted by molar-refractivity contribution is 7.93. The second-order valence-electron chi connectivity index (χ2n) is 5.14. The molecule has 7 nitrogen and oxygen atoms in total. The smallest absolute Gasteiger partial charge is 0.305 e. The number of rotatable bonds is 5. The lowest BCUT2D eigenvalue weighted by Crippen LogP contribution is -2.27. The van der Waals surface area contributed by atoms with Gasteiger partial charge in [-0.25, -0.2) is 8.42 Å². The van der Waals surface area contributed by atoms with Crippen LogP contribution >= 0.6 is 0 Å². The third-order valence-electron chi connectivity index (χ3n) is 3.47. The number of hydrogen-bond donors (Lipinski definition) is 2. The number of anilines is 1. The molecule has 0 saturated carbocycles. The number of carboxylic acids is 1. The molecular formula is C14H18N2O5S. The number of aliphatic carboxylic acids is 1. The van der Waals surface area contributed by atoms with Crippen LogP contribution in [-0.4, -0.2) is 44.2 Å². The average Bonchev–Trinajstić information content (AvgIpc) is 2.77. The van der Waals surface area contributed by atoms with Crippen molar-refractivity contribution in [1.82, 2.24) is 5.32 Å². The van der Waals surface area contributed by atoms with Crippen molar-refractivity contribution in [1.29, 1.82) is 0 Å². The number of carboxylic acid groups (broad SMARTS) is 1. The molecule has 8 heteroatoms. The monoisotopic (exact) mass is 326 g/mol. The number of nitrogens with zero attached hydrogens (tertiary/aromatic N) is 1. The van der Waals surface area contributed by atoms with Gasteiger partial charge in [-0.05, 0) is 37.1 Å². The van der Waals surface area contributed by atoms with Crippen LogP contribution in [0.2, 0.25) is 0 Å². The van der Waals surface area contributed by atoms with E-state index in [1.54, 1.807) is 25.1 Å². The summed E-state index contributed by atoms with van der Waals surface area (Å²) in [4.78, 5) is 22.4. The zero-order valence-corrected chi connectivity index (χ0v) is 13.0. The second-order valence-corrected chi connectivity index (χ2v) is 7.15. The number of sulfonamides is 1. The Morgan fingerprint density at radius 3 is 2.64 bits per heavy atom. The molecule has 1 aromatic rings. The van der Waals surface area contributed by atoms with Crippen LogP contribution < -0.4 is 9.62 Å². The minimum atomic E-state index is -3.25. The molecule has 1 fully saturated rings. The predicted octanol–water partition coefficient (Wildman–Crippen LogP) is 0.739. The van der Waals surface area contributed by atoms with E-state index in [4.69, 9.17) is 5.11 Å². The SMILES string of the molecule is Cc1cc(N2CCCS2(=O)=O)ccc1C(=O)NCCC(=O)O. The van der Waals surface area contributed by atoms with Crippen LogP contribution in [0.5, 0.6) is 0 Å². The normalized spacial score (nSPS) is 16.5. The molecule has 120 valence electrons. The fourth-order valence-electron chi connectivity index (χ4n) is 2.37. The van der Waals surface area contributed by atoms with Crippen molar-refractivity contribution in [2.45, 2.75) is 19.8 Å². The Kier molecular flexibility index (Phi) is 4.70. The molecule has 1 heterocycles. The van der Waals surface area contributed by atoms with Gasteiger partial charge in [0.25, 0.3) is 5.91 Å². The van der Waals surface area contributed by atoms with Gasteiger partial charge in [0.1, 0.15) is 0 Å². The van der Waals surface area contributed by atoms with Gasteiger partial charge in [0.2, 0.25) is 10.0 Å². The quantitative estimate of drug-likeness (QED) is 0.830. The number of carbonyl (C=O) groups is 2. The Bertz CT molecular complexity index is 699. The van der Waals surface area contributed by atoms with Crippen molar-refractivity contribution in [2.24, 2.45) is 0 Å². The summed E-state index contributed by atoms with van der Waals surface area (Å²) >= 11 is 0. The predicted molar refractivity (Wildman–Crippen MR) is 81.5 cm³/mol. The molecule has 0 aromatic heterocycles. The minimum absolute atomic E-state index is 0.0515. The van der Waals surface area contributed by atoms with E-state index < -0.39 is 16.0 Å². The Balaban J connectivity index is 2.13. The van der Waals surface area contributed by atoms with Gasteiger partial charge in [0, 0.05) is 18.7 Å². The van der Waals surface area contributed by atoms with Crippen LogP contribution in [0.15, 0.2) is 18.2 Å². The molecule has 0 spiro atoms. The molecule has 1 aliphatic heterocycles. The second kappa shape index (κ2) is 6.35. The van der Waals surface area contributed by atoms with Crippen LogP contribution in [0, 0.1) is 6.92 Å². The lowest BCUT2D eigenvalue weighted by molar-refractivity contribution is -0.136. The van der Waals surface area contributed by atoms with E-state index >= 15 is 0 Å². The van der Waals surface area contributed by atoms with E-state index in [0.29, 0.717) is 29.8 Å². The van der Waals surface area contributed by atoms with Crippen LogP contribution in [0.1, 0.15) is 28.8 Å². The summed E-state index contributed by atoms with van der Waals surface area (Å²) in [5.41, 5.74) is 1.61. The topological polar surface area (TPSA) is 104 Å². The number of amides is 1. The van der Waals surface area contributed by atoms with E-state index in [2.05, 4.69) is 5.32 Å².